The number of aromatic nitrogens is 1. The second-order valence-electron chi connectivity index (χ2n) is 10.4. The third kappa shape index (κ3) is 4.45. The molecule has 0 saturated carbocycles. The first-order valence-corrected chi connectivity index (χ1v) is 18.2. The minimum atomic E-state index is -2.07. The van der Waals surface area contributed by atoms with E-state index in [1.807, 2.05) is 18.2 Å². The number of halogens is 1. The first-order valence-electron chi connectivity index (χ1n) is 10.8. The molecule has 0 spiro atoms. The maximum atomic E-state index is 15.0. The van der Waals surface area contributed by atoms with Crippen molar-refractivity contribution in [3.63, 3.8) is 0 Å². The summed E-state index contributed by atoms with van der Waals surface area (Å²) < 4.78 is 16.2. The van der Waals surface area contributed by atoms with Gasteiger partial charge in [-0.15, -0.1) is 0 Å². The minimum absolute atomic E-state index is 0.00731. The van der Waals surface area contributed by atoms with Crippen LogP contribution in [-0.2, 0) is 5.41 Å². The Kier molecular flexibility index (Phi) is 5.55. The molecule has 0 aliphatic carbocycles. The first kappa shape index (κ1) is 21.8. The molecule has 4 aromatic rings. The molecule has 0 fully saturated rings. The van der Waals surface area contributed by atoms with Gasteiger partial charge in [-0.05, 0) is 0 Å². The van der Waals surface area contributed by atoms with Crippen molar-refractivity contribution in [1.29, 1.82) is 0 Å². The van der Waals surface area contributed by atoms with Crippen LogP contribution >= 0.6 is 0 Å². The fourth-order valence-corrected chi connectivity index (χ4v) is 6.45. The van der Waals surface area contributed by atoms with Gasteiger partial charge in [0.1, 0.15) is 0 Å². The Labute approximate surface area is 187 Å². The quantitative estimate of drug-likeness (QED) is 0.281. The van der Waals surface area contributed by atoms with E-state index in [1.165, 1.54) is 20.7 Å². The predicted molar refractivity (Wildman–Crippen MR) is 134 cm³/mol. The van der Waals surface area contributed by atoms with Gasteiger partial charge in [-0.2, -0.15) is 0 Å². The summed E-state index contributed by atoms with van der Waals surface area (Å²) in [5, 5.41) is 2.47. The van der Waals surface area contributed by atoms with Crippen molar-refractivity contribution in [2.45, 2.75) is 43.5 Å². The van der Waals surface area contributed by atoms with E-state index in [0.717, 1.165) is 16.8 Å². The van der Waals surface area contributed by atoms with Gasteiger partial charge in [-0.1, -0.05) is 6.07 Å². The van der Waals surface area contributed by atoms with Crippen LogP contribution < -0.4 is 4.40 Å². The van der Waals surface area contributed by atoms with E-state index in [0.29, 0.717) is 5.56 Å². The maximum absolute atomic E-state index is 15.0. The number of hydrogen-bond acceptors (Lipinski definition) is 1. The third-order valence-electron chi connectivity index (χ3n) is 5.87. The molecule has 31 heavy (non-hydrogen) atoms. The van der Waals surface area contributed by atoms with Crippen molar-refractivity contribution in [2.24, 2.45) is 0 Å². The van der Waals surface area contributed by atoms with Gasteiger partial charge in [0.25, 0.3) is 0 Å². The van der Waals surface area contributed by atoms with E-state index < -0.39 is 13.3 Å². The Morgan fingerprint density at radius 2 is 1.55 bits per heavy atom. The molecule has 0 radical (unpaired) electrons. The Hall–Kier alpha value is -2.46. The van der Waals surface area contributed by atoms with E-state index >= 15 is 4.39 Å². The van der Waals surface area contributed by atoms with E-state index in [2.05, 4.69) is 85.5 Å². The van der Waals surface area contributed by atoms with E-state index in [9.17, 15) is 0 Å². The summed E-state index contributed by atoms with van der Waals surface area (Å²) in [5.41, 5.74) is 4.72. The van der Waals surface area contributed by atoms with Crippen LogP contribution in [0.1, 0.15) is 26.3 Å². The molecule has 0 saturated heterocycles. The summed E-state index contributed by atoms with van der Waals surface area (Å²) in [7, 11) is 0. The van der Waals surface area contributed by atoms with Crippen LogP contribution in [0.5, 0.6) is 0 Å². The molecule has 0 atom stereocenters. The number of benzene rings is 3. The summed E-state index contributed by atoms with van der Waals surface area (Å²) >= 11 is -2.07. The Morgan fingerprint density at radius 3 is 2.23 bits per heavy atom. The Morgan fingerprint density at radius 1 is 0.806 bits per heavy atom. The Bertz CT molecular complexity index is 1260. The molecular weight excluding hydrogens is 442 g/mol. The zero-order chi connectivity index (χ0) is 22.4. The average molecular weight is 472 g/mol. The molecular formula is C28H30FGeN. The molecule has 0 N–H and O–H groups in total. The van der Waals surface area contributed by atoms with Gasteiger partial charge in [0.05, 0.1) is 0 Å². The molecule has 0 bridgehead atoms. The molecule has 1 heterocycles. The number of pyridine rings is 1. The van der Waals surface area contributed by atoms with Crippen molar-refractivity contribution < 1.29 is 4.39 Å². The number of nitrogens with zero attached hydrogens (tertiary/aromatic N) is 1. The van der Waals surface area contributed by atoms with Crippen molar-refractivity contribution in [3.05, 3.63) is 84.3 Å². The van der Waals surface area contributed by atoms with Crippen LogP contribution in [-0.4, -0.2) is 18.3 Å². The standard InChI is InChI=1S/C28H30FGeN/c1-28(2,3)25-16-21(15-19-9-7-8-10-23(19)25)27-17-20(13-14-31-27)24-12-11-22(18-26(24)29)30(4,5)6/h7-18H,1-6H3. The van der Waals surface area contributed by atoms with E-state index in [4.69, 9.17) is 0 Å². The van der Waals surface area contributed by atoms with Gasteiger partial charge in [0.2, 0.25) is 0 Å². The van der Waals surface area contributed by atoms with Gasteiger partial charge in [-0.3, -0.25) is 0 Å². The van der Waals surface area contributed by atoms with Crippen molar-refractivity contribution in [3.8, 4) is 22.4 Å². The molecule has 1 nitrogen and oxygen atoms in total. The van der Waals surface area contributed by atoms with Crippen LogP contribution in [0.25, 0.3) is 33.2 Å². The zero-order valence-electron chi connectivity index (χ0n) is 19.3. The number of rotatable bonds is 3. The average Bonchev–Trinajstić information content (AvgIpc) is 2.71. The van der Waals surface area contributed by atoms with Gasteiger partial charge < -0.3 is 0 Å². The van der Waals surface area contributed by atoms with Crippen LogP contribution in [0.4, 0.5) is 4.39 Å². The summed E-state index contributed by atoms with van der Waals surface area (Å²) in [6, 6.07) is 22.6. The fourth-order valence-electron chi connectivity index (χ4n) is 4.05. The summed E-state index contributed by atoms with van der Waals surface area (Å²) in [4.78, 5) is 4.64. The predicted octanol–water partition coefficient (Wildman–Crippen LogP) is 7.55. The van der Waals surface area contributed by atoms with Gasteiger partial charge in [0, 0.05) is 0 Å². The van der Waals surface area contributed by atoms with Crippen LogP contribution in [0.2, 0.25) is 17.3 Å². The molecule has 0 amide bonds. The molecule has 1 aromatic heterocycles. The van der Waals surface area contributed by atoms with Gasteiger partial charge in [0.15, 0.2) is 0 Å². The van der Waals surface area contributed by atoms with E-state index in [1.54, 1.807) is 12.3 Å². The SMILES string of the molecule is CC(C)(C)c1cc(-c2cc(-c3cc[c]([Ge]([CH3])([CH3])[CH3])cc3F)ccn2)cc2ccccc12. The fraction of sp³-hybridized carbons (Fsp3) is 0.250. The number of fused-ring (bicyclic) bond motifs is 1. The van der Waals surface area contributed by atoms with E-state index in [-0.39, 0.29) is 11.2 Å². The van der Waals surface area contributed by atoms with Crippen LogP contribution in [0.15, 0.2) is 72.9 Å². The normalized spacial score (nSPS) is 12.4. The third-order valence-corrected chi connectivity index (χ3v) is 10.2. The first-order chi connectivity index (χ1) is 14.5. The topological polar surface area (TPSA) is 12.9 Å². The summed E-state index contributed by atoms with van der Waals surface area (Å²) in [5.74, 6) is 6.70. The van der Waals surface area contributed by atoms with Crippen molar-refractivity contribution >= 4 is 28.4 Å². The van der Waals surface area contributed by atoms with Gasteiger partial charge >= 0.3 is 182 Å². The second kappa shape index (κ2) is 7.91. The molecule has 0 aliphatic heterocycles. The van der Waals surface area contributed by atoms with Crippen molar-refractivity contribution in [1.82, 2.24) is 4.98 Å². The Balaban J connectivity index is 1.84. The summed E-state index contributed by atoms with van der Waals surface area (Å²) in [6.45, 7) is 6.71. The molecule has 4 rings (SSSR count). The zero-order valence-corrected chi connectivity index (χ0v) is 21.4. The van der Waals surface area contributed by atoms with Crippen LogP contribution in [0, 0.1) is 5.82 Å². The molecule has 3 heteroatoms. The van der Waals surface area contributed by atoms with Crippen LogP contribution in [0.3, 0.4) is 0 Å². The number of hydrogen-bond donors (Lipinski definition) is 0. The second-order valence-corrected chi connectivity index (χ2v) is 21.0. The molecule has 158 valence electrons. The van der Waals surface area contributed by atoms with Crippen molar-refractivity contribution in [2.75, 3.05) is 0 Å². The summed E-state index contributed by atoms with van der Waals surface area (Å²) in [6.07, 6.45) is 1.78. The van der Waals surface area contributed by atoms with Gasteiger partial charge in [-0.25, -0.2) is 0 Å². The molecule has 0 unspecified atom stereocenters. The molecule has 3 aromatic carbocycles. The molecule has 0 aliphatic rings. The monoisotopic (exact) mass is 473 g/mol.